The molecule has 1 fully saturated rings. The molecular formula is C11H18ClN3O2S. The van der Waals surface area contributed by atoms with Crippen molar-refractivity contribution >= 4 is 27.3 Å². The molecule has 0 aliphatic carbocycles. The van der Waals surface area contributed by atoms with E-state index in [0.29, 0.717) is 12.3 Å². The predicted octanol–water partition coefficient (Wildman–Crippen LogP) is 1.09. The highest BCUT2D eigenvalue weighted by Crippen LogP contribution is 2.28. The summed E-state index contributed by atoms with van der Waals surface area (Å²) in [7, 11) is 0.896. The van der Waals surface area contributed by atoms with Gasteiger partial charge in [-0.05, 0) is 13.3 Å². The minimum absolute atomic E-state index is 0.0202. The van der Waals surface area contributed by atoms with E-state index < -0.39 is 9.84 Å². The fraction of sp³-hybridized carbons (Fsp3) is 0.727. The molecule has 0 bridgehead atoms. The number of aryl methyl sites for hydroxylation is 2. The van der Waals surface area contributed by atoms with Crippen LogP contribution in [0.3, 0.4) is 0 Å². The van der Waals surface area contributed by atoms with Crippen molar-refractivity contribution in [1.82, 2.24) is 9.78 Å². The van der Waals surface area contributed by atoms with Gasteiger partial charge in [-0.1, -0.05) is 0 Å². The van der Waals surface area contributed by atoms with E-state index in [1.54, 1.807) is 4.68 Å². The van der Waals surface area contributed by atoms with Gasteiger partial charge in [0.2, 0.25) is 0 Å². The number of halogens is 1. The van der Waals surface area contributed by atoms with Crippen LogP contribution in [0.15, 0.2) is 0 Å². The van der Waals surface area contributed by atoms with Crippen molar-refractivity contribution in [3.05, 3.63) is 11.3 Å². The lowest BCUT2D eigenvalue weighted by molar-refractivity contribution is 0.600. The lowest BCUT2D eigenvalue weighted by Gasteiger charge is -2.26. The van der Waals surface area contributed by atoms with E-state index in [1.807, 2.05) is 25.9 Å². The van der Waals surface area contributed by atoms with Gasteiger partial charge < -0.3 is 4.90 Å². The third kappa shape index (κ3) is 2.36. The first-order valence-electron chi connectivity index (χ1n) is 5.87. The van der Waals surface area contributed by atoms with E-state index in [2.05, 4.69) is 5.10 Å². The maximum Gasteiger partial charge on any atom is 0.152 e. The third-order valence-electron chi connectivity index (χ3n) is 3.54. The zero-order valence-corrected chi connectivity index (χ0v) is 12.4. The molecule has 1 aliphatic rings. The molecule has 1 unspecified atom stereocenters. The zero-order chi connectivity index (χ0) is 13.5. The second-order valence-corrected chi connectivity index (χ2v) is 7.31. The Morgan fingerprint density at radius 1 is 1.56 bits per heavy atom. The molecule has 0 N–H and O–H groups in total. The van der Waals surface area contributed by atoms with Crippen LogP contribution >= 0.6 is 11.6 Å². The van der Waals surface area contributed by atoms with Crippen LogP contribution in [0.4, 0.5) is 5.82 Å². The van der Waals surface area contributed by atoms with Crippen LogP contribution in [0.25, 0.3) is 0 Å². The average molecular weight is 292 g/mol. The summed E-state index contributed by atoms with van der Waals surface area (Å²) in [5, 5.41) is 4.35. The molecule has 0 amide bonds. The summed E-state index contributed by atoms with van der Waals surface area (Å²) in [5.41, 5.74) is 1.88. The Kier molecular flexibility index (Phi) is 3.60. The predicted molar refractivity (Wildman–Crippen MR) is 73.0 cm³/mol. The zero-order valence-electron chi connectivity index (χ0n) is 10.9. The molecule has 5 nitrogen and oxygen atoms in total. The molecule has 0 radical (unpaired) electrons. The molecule has 2 heterocycles. The molecule has 7 heteroatoms. The highest BCUT2D eigenvalue weighted by Gasteiger charge is 2.32. The molecule has 1 aromatic heterocycles. The quantitative estimate of drug-likeness (QED) is 0.783. The minimum atomic E-state index is -2.88. The number of rotatable bonds is 3. The Hall–Kier alpha value is -0.750. The average Bonchev–Trinajstić information content (AvgIpc) is 2.77. The topological polar surface area (TPSA) is 55.2 Å². The summed E-state index contributed by atoms with van der Waals surface area (Å²) in [5.74, 6) is 1.80. The smallest absolute Gasteiger partial charge is 0.152 e. The standard InChI is InChI=1S/C11H18ClN3O2S/c1-8-10(6-12)11(15(3)13-8)14(2)9-4-5-18(16,17)7-9/h9H,4-7H2,1-3H3. The number of nitrogens with zero attached hydrogens (tertiary/aromatic N) is 3. The lowest BCUT2D eigenvalue weighted by Crippen LogP contribution is -2.34. The van der Waals surface area contributed by atoms with Gasteiger partial charge in [0.25, 0.3) is 0 Å². The van der Waals surface area contributed by atoms with Gasteiger partial charge in [-0.25, -0.2) is 8.42 Å². The summed E-state index contributed by atoms with van der Waals surface area (Å²) in [6.45, 7) is 1.92. The summed E-state index contributed by atoms with van der Waals surface area (Å²) in [6, 6.07) is 0.0202. The molecule has 102 valence electrons. The minimum Gasteiger partial charge on any atom is -0.356 e. The Bertz CT molecular complexity index is 553. The van der Waals surface area contributed by atoms with Crippen LogP contribution in [-0.2, 0) is 22.8 Å². The Morgan fingerprint density at radius 2 is 2.22 bits per heavy atom. The van der Waals surface area contributed by atoms with Gasteiger partial charge in [-0.15, -0.1) is 11.6 Å². The van der Waals surface area contributed by atoms with Gasteiger partial charge in [-0.2, -0.15) is 5.10 Å². The van der Waals surface area contributed by atoms with Crippen LogP contribution in [0.2, 0.25) is 0 Å². The number of aromatic nitrogens is 2. The van der Waals surface area contributed by atoms with E-state index in [4.69, 9.17) is 11.6 Å². The largest absolute Gasteiger partial charge is 0.356 e. The number of hydrogen-bond donors (Lipinski definition) is 0. The summed E-state index contributed by atoms with van der Waals surface area (Å²) in [6.07, 6.45) is 0.671. The van der Waals surface area contributed by atoms with Crippen LogP contribution < -0.4 is 4.90 Å². The van der Waals surface area contributed by atoms with Crippen LogP contribution in [-0.4, -0.2) is 42.8 Å². The maximum absolute atomic E-state index is 11.5. The first kappa shape index (κ1) is 13.7. The van der Waals surface area contributed by atoms with Gasteiger partial charge in [0.15, 0.2) is 9.84 Å². The van der Waals surface area contributed by atoms with Gasteiger partial charge >= 0.3 is 0 Å². The van der Waals surface area contributed by atoms with Crippen LogP contribution in [0, 0.1) is 6.92 Å². The normalized spacial score (nSPS) is 22.3. The molecule has 1 atom stereocenters. The van der Waals surface area contributed by atoms with Crippen molar-refractivity contribution in [3.8, 4) is 0 Å². The Labute approximate surface area is 113 Å². The van der Waals surface area contributed by atoms with E-state index in [1.165, 1.54) is 0 Å². The number of anilines is 1. The first-order chi connectivity index (χ1) is 8.35. The van der Waals surface area contributed by atoms with Crippen molar-refractivity contribution in [3.63, 3.8) is 0 Å². The molecule has 0 saturated carbocycles. The Morgan fingerprint density at radius 3 is 2.72 bits per heavy atom. The molecular weight excluding hydrogens is 274 g/mol. The third-order valence-corrected chi connectivity index (χ3v) is 5.55. The summed E-state index contributed by atoms with van der Waals surface area (Å²) in [4.78, 5) is 2.00. The van der Waals surface area contributed by atoms with Crippen LogP contribution in [0.5, 0.6) is 0 Å². The van der Waals surface area contributed by atoms with Crippen molar-refractivity contribution in [2.45, 2.75) is 25.3 Å². The molecule has 1 saturated heterocycles. The number of sulfone groups is 1. The molecule has 18 heavy (non-hydrogen) atoms. The number of alkyl halides is 1. The second kappa shape index (κ2) is 4.74. The van der Waals surface area contributed by atoms with Crippen molar-refractivity contribution in [1.29, 1.82) is 0 Å². The number of hydrogen-bond acceptors (Lipinski definition) is 4. The summed E-state index contributed by atoms with van der Waals surface area (Å²) >= 11 is 5.96. The van der Waals surface area contributed by atoms with Crippen molar-refractivity contribution < 1.29 is 8.42 Å². The van der Waals surface area contributed by atoms with E-state index in [9.17, 15) is 8.42 Å². The second-order valence-electron chi connectivity index (χ2n) is 4.81. The van der Waals surface area contributed by atoms with Crippen molar-refractivity contribution in [2.24, 2.45) is 7.05 Å². The van der Waals surface area contributed by atoms with Gasteiger partial charge in [0, 0.05) is 25.7 Å². The first-order valence-corrected chi connectivity index (χ1v) is 8.23. The van der Waals surface area contributed by atoms with Crippen LogP contribution in [0.1, 0.15) is 17.7 Å². The van der Waals surface area contributed by atoms with Gasteiger partial charge in [-0.3, -0.25) is 4.68 Å². The fourth-order valence-corrected chi connectivity index (χ4v) is 4.63. The van der Waals surface area contributed by atoms with E-state index in [0.717, 1.165) is 17.1 Å². The molecule has 0 aromatic carbocycles. The highest BCUT2D eigenvalue weighted by atomic mass is 35.5. The molecule has 1 aromatic rings. The van der Waals surface area contributed by atoms with E-state index in [-0.39, 0.29) is 17.5 Å². The van der Waals surface area contributed by atoms with Gasteiger partial charge in [0.05, 0.1) is 23.1 Å². The monoisotopic (exact) mass is 291 g/mol. The maximum atomic E-state index is 11.5. The molecule has 0 spiro atoms. The lowest BCUT2D eigenvalue weighted by atomic mass is 10.2. The molecule has 1 aliphatic heterocycles. The SMILES string of the molecule is Cc1nn(C)c(N(C)C2CCS(=O)(=O)C2)c1CCl. The summed E-state index contributed by atoms with van der Waals surface area (Å²) < 4.78 is 24.9. The molecule has 2 rings (SSSR count). The Balaban J connectivity index is 2.32. The van der Waals surface area contributed by atoms with Gasteiger partial charge in [0.1, 0.15) is 5.82 Å². The fourth-order valence-electron chi connectivity index (χ4n) is 2.54. The van der Waals surface area contributed by atoms with E-state index >= 15 is 0 Å². The highest BCUT2D eigenvalue weighted by molar-refractivity contribution is 7.91. The van der Waals surface area contributed by atoms with Crippen molar-refractivity contribution in [2.75, 3.05) is 23.5 Å².